The van der Waals surface area contributed by atoms with Crippen LogP contribution >= 0.6 is 0 Å². The zero-order valence-corrected chi connectivity index (χ0v) is 15.6. The molecule has 0 radical (unpaired) electrons. The maximum absolute atomic E-state index is 10.4. The second-order valence-corrected chi connectivity index (χ2v) is 4.95. The number of carbonyl (C=O) groups excluding carboxylic acids is 3. The van der Waals surface area contributed by atoms with Crippen molar-refractivity contribution in [3.8, 4) is 0 Å². The minimum Gasteiger partial charge on any atom is -0.542 e. The fourth-order valence-corrected chi connectivity index (χ4v) is 2.04. The SMILES string of the molecule is CC(=O)CC(C)=O.CCCCC(C[C-]=O)N(CC)CC.[Pd+2]. The number of hydrogen-bond donors (Lipinski definition) is 0. The Bertz CT molecular complexity index is 267. The number of carbonyl (C=O) groups is 2. The van der Waals surface area contributed by atoms with Crippen molar-refractivity contribution in [1.82, 2.24) is 4.90 Å². The molecule has 0 aliphatic heterocycles. The van der Waals surface area contributed by atoms with Crippen molar-refractivity contribution in [3.05, 3.63) is 0 Å². The van der Waals surface area contributed by atoms with Crippen LogP contribution in [0.5, 0.6) is 0 Å². The first-order chi connectivity index (χ1) is 9.42. The van der Waals surface area contributed by atoms with Crippen molar-refractivity contribution >= 4 is 17.9 Å². The summed E-state index contributed by atoms with van der Waals surface area (Å²) in [5, 5.41) is 0. The summed E-state index contributed by atoms with van der Waals surface area (Å²) in [6.45, 7) is 11.4. The molecule has 0 saturated heterocycles. The molecule has 1 atom stereocenters. The fraction of sp³-hybridized carbons (Fsp3) is 0.812. The Morgan fingerprint density at radius 3 is 1.76 bits per heavy atom. The molecule has 126 valence electrons. The van der Waals surface area contributed by atoms with Gasteiger partial charge in [0.1, 0.15) is 11.6 Å². The van der Waals surface area contributed by atoms with E-state index >= 15 is 0 Å². The Balaban J connectivity index is -0.000000347. The second-order valence-electron chi connectivity index (χ2n) is 4.95. The summed E-state index contributed by atoms with van der Waals surface area (Å²) in [5.41, 5.74) is 0. The van der Waals surface area contributed by atoms with Crippen molar-refractivity contribution < 1.29 is 34.8 Å². The normalized spacial score (nSPS) is 11.0. The summed E-state index contributed by atoms with van der Waals surface area (Å²) < 4.78 is 0. The van der Waals surface area contributed by atoms with Crippen molar-refractivity contribution in [2.45, 2.75) is 72.8 Å². The maximum atomic E-state index is 10.4. The van der Waals surface area contributed by atoms with Gasteiger partial charge in [-0.2, -0.15) is 0 Å². The Morgan fingerprint density at radius 1 is 1.05 bits per heavy atom. The van der Waals surface area contributed by atoms with Crippen molar-refractivity contribution in [2.24, 2.45) is 0 Å². The summed E-state index contributed by atoms with van der Waals surface area (Å²) in [5.74, 6) is -0.125. The number of Topliss-reactive ketones (excluding diaryl/α,β-unsaturated/α-hetero) is 2. The van der Waals surface area contributed by atoms with Crippen LogP contribution in [0, 0.1) is 0 Å². The zero-order chi connectivity index (χ0) is 16.0. The molecule has 0 rings (SSSR count). The van der Waals surface area contributed by atoms with Gasteiger partial charge in [-0.15, -0.1) is 6.42 Å². The molecule has 0 aliphatic rings. The Hall–Kier alpha value is -0.368. The van der Waals surface area contributed by atoms with E-state index in [2.05, 4.69) is 25.7 Å². The summed E-state index contributed by atoms with van der Waals surface area (Å²) in [4.78, 5) is 32.8. The third-order valence-electron chi connectivity index (χ3n) is 3.04. The van der Waals surface area contributed by atoms with Crippen LogP contribution in [0.4, 0.5) is 0 Å². The molecule has 0 aromatic heterocycles. The van der Waals surface area contributed by atoms with Crippen molar-refractivity contribution in [1.29, 1.82) is 0 Å². The van der Waals surface area contributed by atoms with E-state index < -0.39 is 0 Å². The molecule has 0 aromatic rings. The predicted molar refractivity (Wildman–Crippen MR) is 82.5 cm³/mol. The molecule has 0 heterocycles. The molecule has 5 heteroatoms. The predicted octanol–water partition coefficient (Wildman–Crippen LogP) is 2.94. The molecule has 0 saturated carbocycles. The van der Waals surface area contributed by atoms with E-state index in [1.165, 1.54) is 26.7 Å². The maximum Gasteiger partial charge on any atom is 2.00 e. The number of nitrogens with zero attached hydrogens (tertiary/aromatic N) is 1. The van der Waals surface area contributed by atoms with E-state index in [0.717, 1.165) is 19.5 Å². The molecular weight excluding hydrogens is 361 g/mol. The smallest absolute Gasteiger partial charge is 0.542 e. The van der Waals surface area contributed by atoms with E-state index in [0.29, 0.717) is 12.5 Å². The minimum absolute atomic E-state index is 0. The molecule has 0 fully saturated rings. The summed E-state index contributed by atoms with van der Waals surface area (Å²) in [7, 11) is 0. The van der Waals surface area contributed by atoms with Gasteiger partial charge in [0.15, 0.2) is 0 Å². The minimum atomic E-state index is -0.0625. The Morgan fingerprint density at radius 2 is 1.52 bits per heavy atom. The van der Waals surface area contributed by atoms with E-state index in [9.17, 15) is 14.4 Å². The standard InChI is InChI=1S/C11H22NO.C5H8O2.Pd/c1-4-7-8-11(9-10-13)12(5-2)6-3;1-4(6)3-5(2)7;/h11H,4-9H2,1-3H3;3H2,1-2H3;/q-1;;+2. The van der Waals surface area contributed by atoms with Gasteiger partial charge in [-0.25, -0.2) is 0 Å². The fourth-order valence-electron chi connectivity index (χ4n) is 2.04. The molecule has 0 aromatic carbocycles. The van der Waals surface area contributed by atoms with Gasteiger partial charge >= 0.3 is 20.4 Å². The van der Waals surface area contributed by atoms with Crippen LogP contribution in [0.1, 0.15) is 66.7 Å². The van der Waals surface area contributed by atoms with E-state index in [4.69, 9.17) is 0 Å². The van der Waals surface area contributed by atoms with E-state index in [1.807, 2.05) is 6.29 Å². The molecule has 4 nitrogen and oxygen atoms in total. The van der Waals surface area contributed by atoms with Crippen LogP contribution in [0.15, 0.2) is 0 Å². The summed E-state index contributed by atoms with van der Waals surface area (Å²) >= 11 is 0. The van der Waals surface area contributed by atoms with Crippen LogP contribution in [-0.4, -0.2) is 41.9 Å². The monoisotopic (exact) mass is 390 g/mol. The average molecular weight is 391 g/mol. The van der Waals surface area contributed by atoms with E-state index in [1.54, 1.807) is 0 Å². The van der Waals surface area contributed by atoms with Gasteiger partial charge in [-0.1, -0.05) is 33.6 Å². The number of ketones is 2. The number of hydrogen-bond acceptors (Lipinski definition) is 4. The van der Waals surface area contributed by atoms with Crippen LogP contribution in [0.3, 0.4) is 0 Å². The van der Waals surface area contributed by atoms with Crippen LogP contribution < -0.4 is 0 Å². The number of rotatable bonds is 10. The molecular formula is C16H30NO3Pd+. The quantitative estimate of drug-likeness (QED) is 0.327. The molecule has 0 spiro atoms. The second kappa shape index (κ2) is 17.7. The van der Waals surface area contributed by atoms with Gasteiger partial charge in [0.05, 0.1) is 6.42 Å². The molecule has 21 heavy (non-hydrogen) atoms. The average Bonchev–Trinajstić information content (AvgIpc) is 2.36. The van der Waals surface area contributed by atoms with Crippen molar-refractivity contribution in [3.63, 3.8) is 0 Å². The third kappa shape index (κ3) is 17.6. The van der Waals surface area contributed by atoms with Gasteiger partial charge in [-0.3, -0.25) is 15.9 Å². The summed E-state index contributed by atoms with van der Waals surface area (Å²) in [6.07, 6.45) is 6.24. The largest absolute Gasteiger partial charge is 2.00 e. The molecule has 0 bridgehead atoms. The first-order valence-corrected chi connectivity index (χ1v) is 7.50. The topological polar surface area (TPSA) is 54.5 Å². The summed E-state index contributed by atoms with van der Waals surface area (Å²) in [6, 6.07) is 0.424. The van der Waals surface area contributed by atoms with Crippen LogP contribution in [-0.2, 0) is 34.8 Å². The van der Waals surface area contributed by atoms with Gasteiger partial charge in [0, 0.05) is 0 Å². The molecule has 0 amide bonds. The molecule has 0 aliphatic carbocycles. The van der Waals surface area contributed by atoms with Crippen LogP contribution in [0.2, 0.25) is 0 Å². The first kappa shape index (κ1) is 25.6. The first-order valence-electron chi connectivity index (χ1n) is 7.50. The third-order valence-corrected chi connectivity index (χ3v) is 3.04. The Labute approximate surface area is 143 Å². The molecule has 1 unspecified atom stereocenters. The van der Waals surface area contributed by atoms with Crippen LogP contribution in [0.25, 0.3) is 0 Å². The van der Waals surface area contributed by atoms with Gasteiger partial charge in [0.25, 0.3) is 0 Å². The van der Waals surface area contributed by atoms with Crippen molar-refractivity contribution in [2.75, 3.05) is 13.1 Å². The van der Waals surface area contributed by atoms with Gasteiger partial charge < -0.3 is 9.69 Å². The Kier molecular flexibility index (Phi) is 21.5. The van der Waals surface area contributed by atoms with E-state index in [-0.39, 0.29) is 38.4 Å². The van der Waals surface area contributed by atoms with Gasteiger partial charge in [0.2, 0.25) is 0 Å². The zero-order valence-electron chi connectivity index (χ0n) is 14.0. The molecule has 0 N–H and O–H groups in total. The number of unbranched alkanes of at least 4 members (excludes halogenated alkanes) is 1. The van der Waals surface area contributed by atoms with Gasteiger partial charge in [-0.05, 0) is 39.4 Å².